The van der Waals surface area contributed by atoms with Gasteiger partial charge in [-0.2, -0.15) is 0 Å². The summed E-state index contributed by atoms with van der Waals surface area (Å²) in [5.41, 5.74) is 0. The molecule has 0 fully saturated rings. The van der Waals surface area contributed by atoms with Crippen LogP contribution in [0.15, 0.2) is 0 Å². The van der Waals surface area contributed by atoms with Crippen molar-refractivity contribution in [3.63, 3.8) is 0 Å². The van der Waals surface area contributed by atoms with Crippen molar-refractivity contribution in [2.24, 2.45) is 0 Å². The third-order valence-electron chi connectivity index (χ3n) is 0.498. The first-order chi connectivity index (χ1) is 3.13. The first-order valence-corrected chi connectivity index (χ1v) is 2.12. The van der Waals surface area contributed by atoms with Crippen molar-refractivity contribution in [3.05, 3.63) is 0 Å². The maximum absolute atomic E-state index is 10.0. The van der Waals surface area contributed by atoms with Crippen LogP contribution >= 0.6 is 0 Å². The van der Waals surface area contributed by atoms with E-state index in [0.29, 0.717) is 0 Å². The Morgan fingerprint density at radius 1 is 0.692 bits per heavy atom. The molecule has 0 aliphatic rings. The smallest absolute Gasteiger partial charge is 0.137 e. The van der Waals surface area contributed by atoms with Crippen molar-refractivity contribution in [1.29, 1.82) is 0 Å². The zero-order valence-electron chi connectivity index (χ0n) is 7.52. The van der Waals surface area contributed by atoms with Crippen molar-refractivity contribution in [3.8, 4) is 0 Å². The molecule has 0 aliphatic carbocycles. The Bertz CT molecular complexity index is 88.7. The van der Waals surface area contributed by atoms with Gasteiger partial charge in [-0.1, -0.05) is 0 Å². The first-order valence-electron chi connectivity index (χ1n) is 2.12. The Kier molecular flexibility index (Phi) is 134. The van der Waals surface area contributed by atoms with Gasteiger partial charge in [-0.3, -0.25) is 9.59 Å². The molecule has 0 aliphatic heterocycles. The highest BCUT2D eigenvalue weighted by molar-refractivity contribution is 5.96. The van der Waals surface area contributed by atoms with E-state index in [4.69, 9.17) is 0 Å². The molecule has 13 heavy (non-hydrogen) atoms. The minimum absolute atomic E-state index is 0. The number of carbonyl (C=O) groups excluding carboxylic acids is 2. The fourth-order valence-corrected chi connectivity index (χ4v) is 0.351. The number of Topliss-reactive ketones (excluding diaryl/α,β-unsaturated/α-hetero) is 2. The van der Waals surface area contributed by atoms with Gasteiger partial charge >= 0.3 is 0 Å². The van der Waals surface area contributed by atoms with E-state index in [9.17, 15) is 9.59 Å². The quantitative estimate of drug-likeness (QED) is 0.409. The monoisotopic (exact) mass is 208 g/mol. The van der Waals surface area contributed by atoms with E-state index >= 15 is 0 Å². The van der Waals surface area contributed by atoms with Crippen LogP contribution < -0.4 is 0 Å². The summed E-state index contributed by atoms with van der Waals surface area (Å²) >= 11 is 0. The average molecular weight is 208 g/mol. The third kappa shape index (κ3) is 95.6. The molecule has 0 unspecified atom stereocenters. The van der Waals surface area contributed by atoms with Gasteiger partial charge in [0.25, 0.3) is 0 Å². The summed E-state index contributed by atoms with van der Waals surface area (Å²) in [6.07, 6.45) is 0.0833. The molecule has 0 aromatic heterocycles. The van der Waals surface area contributed by atoms with Gasteiger partial charge in [-0.25, -0.2) is 0 Å². The fourth-order valence-electron chi connectivity index (χ4n) is 0.351. The Morgan fingerprint density at radius 2 is 0.846 bits per heavy atom. The molecular formula is C5H20O8. The molecule has 0 heterocycles. The number of ketones is 2. The van der Waals surface area contributed by atoms with Crippen molar-refractivity contribution in [1.82, 2.24) is 0 Å². The lowest BCUT2D eigenvalue weighted by Crippen LogP contribution is -1.97. The molecule has 8 nitrogen and oxygen atoms in total. The lowest BCUT2D eigenvalue weighted by atomic mass is 10.2. The van der Waals surface area contributed by atoms with Gasteiger partial charge in [-0.05, 0) is 13.8 Å². The van der Waals surface area contributed by atoms with E-state index in [0.717, 1.165) is 0 Å². The highest BCUT2D eigenvalue weighted by atomic mass is 16.1. The second-order valence-corrected chi connectivity index (χ2v) is 1.58. The molecule has 0 saturated carbocycles. The van der Waals surface area contributed by atoms with E-state index in [1.807, 2.05) is 0 Å². The number of rotatable bonds is 2. The van der Waals surface area contributed by atoms with Crippen LogP contribution in [-0.2, 0) is 9.59 Å². The molecule has 8 heteroatoms. The second kappa shape index (κ2) is 30.4. The van der Waals surface area contributed by atoms with E-state index < -0.39 is 0 Å². The summed E-state index contributed by atoms with van der Waals surface area (Å²) in [6, 6.07) is 0. The highest BCUT2D eigenvalue weighted by Gasteiger charge is 1.94. The maximum Gasteiger partial charge on any atom is 0.137 e. The van der Waals surface area contributed by atoms with Crippen LogP contribution in [-0.4, -0.2) is 44.4 Å². The fraction of sp³-hybridized carbons (Fsp3) is 0.600. The van der Waals surface area contributed by atoms with Gasteiger partial charge in [0.1, 0.15) is 11.6 Å². The number of hydrogen-bond acceptors (Lipinski definition) is 2. The van der Waals surface area contributed by atoms with E-state index in [-0.39, 0.29) is 50.8 Å². The van der Waals surface area contributed by atoms with Gasteiger partial charge < -0.3 is 32.9 Å². The average Bonchev–Trinajstić information content (AvgIpc) is 1.27. The second-order valence-electron chi connectivity index (χ2n) is 1.58. The van der Waals surface area contributed by atoms with E-state index in [1.54, 1.807) is 0 Å². The first kappa shape index (κ1) is 57.3. The molecule has 12 N–H and O–H groups in total. The Balaban J connectivity index is -0.0000000120. The van der Waals surface area contributed by atoms with Crippen LogP contribution in [0.5, 0.6) is 0 Å². The summed E-state index contributed by atoms with van der Waals surface area (Å²) in [4.78, 5) is 20.1. The van der Waals surface area contributed by atoms with Crippen molar-refractivity contribution in [2.45, 2.75) is 20.3 Å². The Hall–Kier alpha value is -0.900. The summed E-state index contributed by atoms with van der Waals surface area (Å²) in [5.74, 6) is -0.125. The topological polar surface area (TPSA) is 223 Å². The van der Waals surface area contributed by atoms with Gasteiger partial charge in [0, 0.05) is 0 Å². The molecule has 0 atom stereocenters. The van der Waals surface area contributed by atoms with Crippen molar-refractivity contribution in [2.75, 3.05) is 0 Å². The van der Waals surface area contributed by atoms with Gasteiger partial charge in [-0.15, -0.1) is 0 Å². The van der Waals surface area contributed by atoms with Gasteiger partial charge in [0.15, 0.2) is 0 Å². The minimum atomic E-state index is -0.0625. The van der Waals surface area contributed by atoms with Crippen molar-refractivity contribution < 1.29 is 42.4 Å². The lowest BCUT2D eigenvalue weighted by molar-refractivity contribution is -0.124. The summed E-state index contributed by atoms with van der Waals surface area (Å²) in [7, 11) is 0. The molecule has 0 amide bonds. The standard InChI is InChI=1S/C5H8O2.6H2O/c1-4(6)3-5(2)7;;;;;;/h3H2,1-2H3;6*1H2. The summed E-state index contributed by atoms with van der Waals surface area (Å²) in [6.45, 7) is 2.81. The molecule has 0 rings (SSSR count). The largest absolute Gasteiger partial charge is 0.412 e. The zero-order valence-corrected chi connectivity index (χ0v) is 7.52. The van der Waals surface area contributed by atoms with Crippen molar-refractivity contribution >= 4 is 11.6 Å². The van der Waals surface area contributed by atoms with Gasteiger partial charge in [0.2, 0.25) is 0 Å². The molecular weight excluding hydrogens is 188 g/mol. The van der Waals surface area contributed by atoms with E-state index in [2.05, 4.69) is 0 Å². The van der Waals surface area contributed by atoms with Crippen LogP contribution in [0.25, 0.3) is 0 Å². The maximum atomic E-state index is 10.0. The highest BCUT2D eigenvalue weighted by Crippen LogP contribution is 1.80. The van der Waals surface area contributed by atoms with Crippen LogP contribution in [0.3, 0.4) is 0 Å². The minimum Gasteiger partial charge on any atom is -0.412 e. The normalized spacial score (nSPS) is 4.46. The zero-order chi connectivity index (χ0) is 5.86. The summed E-state index contributed by atoms with van der Waals surface area (Å²) in [5, 5.41) is 0. The summed E-state index contributed by atoms with van der Waals surface area (Å²) < 4.78 is 0. The van der Waals surface area contributed by atoms with Crippen LogP contribution in [0.2, 0.25) is 0 Å². The van der Waals surface area contributed by atoms with Crippen LogP contribution in [0.1, 0.15) is 20.3 Å². The molecule has 0 bridgehead atoms. The van der Waals surface area contributed by atoms with E-state index in [1.165, 1.54) is 13.8 Å². The molecule has 88 valence electrons. The third-order valence-corrected chi connectivity index (χ3v) is 0.498. The molecule has 0 spiro atoms. The molecule has 0 aromatic rings. The van der Waals surface area contributed by atoms with Crippen LogP contribution in [0, 0.1) is 0 Å². The molecule has 0 radical (unpaired) electrons. The predicted molar refractivity (Wildman–Crippen MR) is 47.7 cm³/mol. The molecule has 0 saturated heterocycles. The number of hydrogen-bond donors (Lipinski definition) is 0. The Morgan fingerprint density at radius 3 is 0.846 bits per heavy atom. The van der Waals surface area contributed by atoms with Gasteiger partial charge in [0.05, 0.1) is 6.42 Å². The Labute approximate surface area is 75.4 Å². The SMILES string of the molecule is CC(=O)CC(C)=O.O.O.O.O.O.O. The predicted octanol–water partition coefficient (Wildman–Crippen LogP) is -4.39. The van der Waals surface area contributed by atoms with Crippen LogP contribution in [0.4, 0.5) is 0 Å². The molecule has 0 aromatic carbocycles. The lowest BCUT2D eigenvalue weighted by Gasteiger charge is -1.81. The number of carbonyl (C=O) groups is 2.